The van der Waals surface area contributed by atoms with Crippen molar-refractivity contribution in [3.63, 3.8) is 0 Å². The molecule has 2 aliphatic rings. The molecular formula is C26H28N4O5. The average molecular weight is 477 g/mol. The summed E-state index contributed by atoms with van der Waals surface area (Å²) in [5, 5.41) is 7.33. The van der Waals surface area contributed by atoms with Crippen LogP contribution < -0.4 is 14.8 Å². The van der Waals surface area contributed by atoms with E-state index < -0.39 is 6.04 Å². The van der Waals surface area contributed by atoms with Crippen molar-refractivity contribution < 1.29 is 23.5 Å². The second-order valence-electron chi connectivity index (χ2n) is 8.53. The highest BCUT2D eigenvalue weighted by atomic mass is 16.5. The first kappa shape index (κ1) is 22.9. The number of hydrogen-bond acceptors (Lipinski definition) is 7. The van der Waals surface area contributed by atoms with Gasteiger partial charge in [0.05, 0.1) is 38.5 Å². The monoisotopic (exact) mass is 476 g/mol. The number of benzene rings is 2. The molecule has 5 rings (SSSR count). The maximum absolute atomic E-state index is 13.3. The minimum Gasteiger partial charge on any atom is -0.493 e. The molecule has 0 aliphatic carbocycles. The van der Waals surface area contributed by atoms with Crippen molar-refractivity contribution in [1.82, 2.24) is 20.4 Å². The van der Waals surface area contributed by atoms with E-state index in [1.807, 2.05) is 55.5 Å². The smallest absolute Gasteiger partial charge is 0.322 e. The van der Waals surface area contributed by atoms with Crippen LogP contribution in [0.4, 0.5) is 4.79 Å². The van der Waals surface area contributed by atoms with Crippen molar-refractivity contribution in [2.75, 3.05) is 27.4 Å². The first-order valence-electron chi connectivity index (χ1n) is 11.6. The summed E-state index contributed by atoms with van der Waals surface area (Å²) in [7, 11) is 3.17. The fraction of sp³-hybridized carbons (Fsp3) is 0.346. The van der Waals surface area contributed by atoms with E-state index in [1.165, 1.54) is 0 Å². The van der Waals surface area contributed by atoms with Gasteiger partial charge in [-0.1, -0.05) is 41.6 Å². The molecule has 1 fully saturated rings. The molecule has 1 aromatic heterocycles. The van der Waals surface area contributed by atoms with E-state index in [4.69, 9.17) is 23.7 Å². The lowest BCUT2D eigenvalue weighted by Gasteiger charge is -2.36. The molecule has 2 amide bonds. The number of ether oxygens (including phenoxy) is 3. The summed E-state index contributed by atoms with van der Waals surface area (Å²) in [6, 6.07) is 14.5. The highest BCUT2D eigenvalue weighted by Gasteiger charge is 2.37. The molecule has 0 saturated carbocycles. The van der Waals surface area contributed by atoms with Crippen molar-refractivity contribution in [3.05, 3.63) is 65.7 Å². The third-order valence-electron chi connectivity index (χ3n) is 6.44. The van der Waals surface area contributed by atoms with Crippen LogP contribution in [0.2, 0.25) is 0 Å². The number of allylic oxidation sites excluding steroid dienone is 1. The van der Waals surface area contributed by atoms with Gasteiger partial charge in [-0.3, -0.25) is 4.90 Å². The molecule has 2 unspecified atom stereocenters. The summed E-state index contributed by atoms with van der Waals surface area (Å²) in [4.78, 5) is 19.7. The Kier molecular flexibility index (Phi) is 6.41. The Morgan fingerprint density at radius 3 is 2.63 bits per heavy atom. The molecule has 2 aromatic carbocycles. The van der Waals surface area contributed by atoms with Gasteiger partial charge in [0.2, 0.25) is 5.82 Å². The first-order chi connectivity index (χ1) is 17.1. The number of amides is 2. The summed E-state index contributed by atoms with van der Waals surface area (Å²) >= 11 is 0. The van der Waals surface area contributed by atoms with Crippen LogP contribution in [0.3, 0.4) is 0 Å². The number of aromatic nitrogens is 2. The van der Waals surface area contributed by atoms with Gasteiger partial charge in [-0.2, -0.15) is 4.98 Å². The Labute approximate surface area is 203 Å². The van der Waals surface area contributed by atoms with E-state index in [2.05, 4.69) is 10.5 Å². The number of nitrogens with one attached hydrogen (secondary N) is 1. The Balaban J connectivity index is 1.59. The number of methoxy groups -OCH3 is 2. The largest absolute Gasteiger partial charge is 0.493 e. The molecule has 1 saturated heterocycles. The van der Waals surface area contributed by atoms with Gasteiger partial charge in [0.25, 0.3) is 5.89 Å². The molecule has 3 aromatic rings. The second-order valence-corrected chi connectivity index (χ2v) is 8.53. The highest BCUT2D eigenvalue weighted by Crippen LogP contribution is 2.40. The summed E-state index contributed by atoms with van der Waals surface area (Å²) in [6.45, 7) is 3.08. The van der Waals surface area contributed by atoms with E-state index in [0.29, 0.717) is 36.4 Å². The number of carbonyl (C=O) groups is 1. The third kappa shape index (κ3) is 4.46. The SMILES string of the molecule is COc1ccc(C2NC(=O)N(CC3CCCO3)C(C)=C2c2nc(-c3ccccc3)no2)cc1OC. The van der Waals surface area contributed by atoms with Gasteiger partial charge in [0.1, 0.15) is 0 Å². The van der Waals surface area contributed by atoms with Crippen molar-refractivity contribution in [2.45, 2.75) is 31.9 Å². The molecule has 35 heavy (non-hydrogen) atoms. The maximum atomic E-state index is 13.3. The molecule has 2 atom stereocenters. The van der Waals surface area contributed by atoms with Crippen LogP contribution >= 0.6 is 0 Å². The fourth-order valence-electron chi connectivity index (χ4n) is 4.59. The zero-order chi connectivity index (χ0) is 24.4. The average Bonchev–Trinajstić information content (AvgIpc) is 3.59. The van der Waals surface area contributed by atoms with Gasteiger partial charge in [0, 0.05) is 17.9 Å². The highest BCUT2D eigenvalue weighted by molar-refractivity contribution is 5.87. The normalized spacial score (nSPS) is 20.2. The zero-order valence-electron chi connectivity index (χ0n) is 20.0. The topological polar surface area (TPSA) is 99.0 Å². The molecular weight excluding hydrogens is 448 g/mol. The van der Waals surface area contributed by atoms with Crippen LogP contribution in [0.1, 0.15) is 37.3 Å². The Morgan fingerprint density at radius 2 is 1.91 bits per heavy atom. The van der Waals surface area contributed by atoms with Gasteiger partial charge in [-0.15, -0.1) is 0 Å². The summed E-state index contributed by atoms with van der Waals surface area (Å²) in [6.07, 6.45) is 1.91. The predicted molar refractivity (Wildman–Crippen MR) is 129 cm³/mol. The molecule has 2 aliphatic heterocycles. The molecule has 9 nitrogen and oxygen atoms in total. The van der Waals surface area contributed by atoms with Gasteiger partial charge >= 0.3 is 6.03 Å². The number of rotatable bonds is 7. The quantitative estimate of drug-likeness (QED) is 0.539. The van der Waals surface area contributed by atoms with E-state index in [-0.39, 0.29) is 12.1 Å². The van der Waals surface area contributed by atoms with E-state index in [0.717, 1.165) is 35.2 Å². The van der Waals surface area contributed by atoms with Gasteiger partial charge in [-0.05, 0) is 37.5 Å². The molecule has 0 bridgehead atoms. The third-order valence-corrected chi connectivity index (χ3v) is 6.44. The van der Waals surface area contributed by atoms with E-state index in [1.54, 1.807) is 19.1 Å². The number of urea groups is 1. The van der Waals surface area contributed by atoms with Crippen LogP contribution in [-0.4, -0.2) is 54.5 Å². The first-order valence-corrected chi connectivity index (χ1v) is 11.6. The molecule has 3 heterocycles. The lowest BCUT2D eigenvalue weighted by atomic mass is 9.94. The lowest BCUT2D eigenvalue weighted by Crippen LogP contribution is -2.48. The van der Waals surface area contributed by atoms with Crippen molar-refractivity contribution >= 4 is 11.6 Å². The van der Waals surface area contributed by atoms with Gasteiger partial charge in [-0.25, -0.2) is 4.79 Å². The molecule has 0 spiro atoms. The summed E-state index contributed by atoms with van der Waals surface area (Å²) < 4.78 is 22.4. The van der Waals surface area contributed by atoms with Crippen molar-refractivity contribution in [3.8, 4) is 22.9 Å². The molecule has 9 heteroatoms. The zero-order valence-corrected chi connectivity index (χ0v) is 20.0. The van der Waals surface area contributed by atoms with Crippen LogP contribution in [-0.2, 0) is 4.74 Å². The molecule has 1 N–H and O–H groups in total. The molecule has 0 radical (unpaired) electrons. The maximum Gasteiger partial charge on any atom is 0.322 e. The number of hydrogen-bond donors (Lipinski definition) is 1. The second kappa shape index (κ2) is 9.79. The van der Waals surface area contributed by atoms with Crippen molar-refractivity contribution in [1.29, 1.82) is 0 Å². The van der Waals surface area contributed by atoms with Crippen LogP contribution in [0.25, 0.3) is 17.0 Å². The Morgan fingerprint density at radius 1 is 1.11 bits per heavy atom. The number of carbonyl (C=O) groups excluding carboxylic acids is 1. The predicted octanol–water partition coefficient (Wildman–Crippen LogP) is 4.43. The standard InChI is InChI=1S/C26H28N4O5/c1-16-22(25-28-24(29-35-25)17-8-5-4-6-9-17)23(18-11-12-20(32-2)21(14-18)33-3)27-26(31)30(16)15-19-10-7-13-34-19/h4-6,8-9,11-12,14,19,23H,7,10,13,15H2,1-3H3,(H,27,31). The fourth-order valence-corrected chi connectivity index (χ4v) is 4.59. The Bertz CT molecular complexity index is 1230. The Hall–Kier alpha value is -3.85. The number of nitrogens with zero attached hydrogens (tertiary/aromatic N) is 3. The molecule has 182 valence electrons. The summed E-state index contributed by atoms with van der Waals surface area (Å²) in [5.41, 5.74) is 3.12. The van der Waals surface area contributed by atoms with Crippen LogP contribution in [0, 0.1) is 0 Å². The van der Waals surface area contributed by atoms with Crippen LogP contribution in [0.15, 0.2) is 58.8 Å². The minimum absolute atomic E-state index is 0.00264. The minimum atomic E-state index is -0.521. The van der Waals surface area contributed by atoms with Crippen LogP contribution in [0.5, 0.6) is 11.5 Å². The van der Waals surface area contributed by atoms with E-state index in [9.17, 15) is 4.79 Å². The van der Waals surface area contributed by atoms with Gasteiger partial charge in [0.15, 0.2) is 11.5 Å². The van der Waals surface area contributed by atoms with E-state index >= 15 is 0 Å². The lowest BCUT2D eigenvalue weighted by molar-refractivity contribution is 0.0877. The van der Waals surface area contributed by atoms with Gasteiger partial charge < -0.3 is 24.1 Å². The van der Waals surface area contributed by atoms with Crippen molar-refractivity contribution in [2.24, 2.45) is 0 Å². The summed E-state index contributed by atoms with van der Waals surface area (Å²) in [5.74, 6) is 1.99.